The molecular formula is C24H22N2O. The molecule has 3 heterocycles. The van der Waals surface area contributed by atoms with Gasteiger partial charge in [0.15, 0.2) is 0 Å². The molecule has 0 saturated carbocycles. The lowest BCUT2D eigenvalue weighted by molar-refractivity contribution is 0.123. The largest absolute Gasteiger partial charge is 0.378 e. The first-order chi connectivity index (χ1) is 13.4. The number of nitrogens with zero attached hydrogens (tertiary/aromatic N) is 2. The molecule has 3 nitrogen and oxygen atoms in total. The average Bonchev–Trinajstić information content (AvgIpc) is 3.15. The molecule has 0 radical (unpaired) electrons. The van der Waals surface area contributed by atoms with Gasteiger partial charge in [-0.2, -0.15) is 0 Å². The molecule has 0 spiro atoms. The van der Waals surface area contributed by atoms with Crippen LogP contribution >= 0.6 is 0 Å². The highest BCUT2D eigenvalue weighted by atomic mass is 16.5. The lowest BCUT2D eigenvalue weighted by atomic mass is 10.0. The van der Waals surface area contributed by atoms with Crippen LogP contribution in [0.5, 0.6) is 0 Å². The molecule has 0 amide bonds. The zero-order valence-corrected chi connectivity index (χ0v) is 15.2. The zero-order chi connectivity index (χ0) is 18.1. The fourth-order valence-corrected chi connectivity index (χ4v) is 3.88. The summed E-state index contributed by atoms with van der Waals surface area (Å²) in [5.74, 6) is 0. The van der Waals surface area contributed by atoms with E-state index in [1.807, 2.05) is 0 Å². The summed E-state index contributed by atoms with van der Waals surface area (Å²) in [6.07, 6.45) is 2.15. The first kappa shape index (κ1) is 16.2. The van der Waals surface area contributed by atoms with Crippen molar-refractivity contribution in [3.63, 3.8) is 0 Å². The number of aromatic nitrogens is 1. The minimum atomic E-state index is 0.797. The molecule has 0 bridgehead atoms. The summed E-state index contributed by atoms with van der Waals surface area (Å²) in [6, 6.07) is 28.1. The SMILES string of the molecule is c1ccc(-c2ccc(-c3cc(N4CCOCC4)c4ccccn34)cc2)cc1. The van der Waals surface area contributed by atoms with Crippen LogP contribution in [0.25, 0.3) is 27.9 Å². The van der Waals surface area contributed by atoms with Crippen LogP contribution in [0.1, 0.15) is 0 Å². The second-order valence-corrected chi connectivity index (χ2v) is 6.91. The van der Waals surface area contributed by atoms with Crippen molar-refractivity contribution in [2.45, 2.75) is 0 Å². The Morgan fingerprint density at radius 2 is 1.33 bits per heavy atom. The predicted octanol–water partition coefficient (Wildman–Crippen LogP) is 5.11. The van der Waals surface area contributed by atoms with E-state index in [0.29, 0.717) is 0 Å². The summed E-state index contributed by atoms with van der Waals surface area (Å²) in [6.45, 7) is 3.48. The van der Waals surface area contributed by atoms with E-state index in [2.05, 4.69) is 94.4 Å². The van der Waals surface area contributed by atoms with Gasteiger partial charge in [0.25, 0.3) is 0 Å². The van der Waals surface area contributed by atoms with Gasteiger partial charge in [-0.05, 0) is 34.9 Å². The van der Waals surface area contributed by atoms with Crippen LogP contribution in [0.3, 0.4) is 0 Å². The van der Waals surface area contributed by atoms with Crippen molar-refractivity contribution >= 4 is 11.2 Å². The van der Waals surface area contributed by atoms with Crippen LogP contribution in [-0.4, -0.2) is 30.7 Å². The second-order valence-electron chi connectivity index (χ2n) is 6.91. The van der Waals surface area contributed by atoms with E-state index in [-0.39, 0.29) is 0 Å². The summed E-state index contributed by atoms with van der Waals surface area (Å²) < 4.78 is 7.83. The Balaban J connectivity index is 1.57. The van der Waals surface area contributed by atoms with E-state index >= 15 is 0 Å². The Morgan fingerprint density at radius 3 is 2.11 bits per heavy atom. The van der Waals surface area contributed by atoms with E-state index in [4.69, 9.17) is 4.74 Å². The lowest BCUT2D eigenvalue weighted by Crippen LogP contribution is -2.36. The Bertz CT molecular complexity index is 1040. The molecule has 1 aliphatic rings. The third-order valence-electron chi connectivity index (χ3n) is 5.29. The number of morpholine rings is 1. The first-order valence-electron chi connectivity index (χ1n) is 9.49. The fourth-order valence-electron chi connectivity index (χ4n) is 3.88. The van der Waals surface area contributed by atoms with Gasteiger partial charge in [0, 0.05) is 19.3 Å². The Kier molecular flexibility index (Phi) is 4.15. The van der Waals surface area contributed by atoms with Gasteiger partial charge in [0.2, 0.25) is 0 Å². The van der Waals surface area contributed by atoms with Crippen LogP contribution in [0, 0.1) is 0 Å². The van der Waals surface area contributed by atoms with Gasteiger partial charge in [0.1, 0.15) is 0 Å². The summed E-state index contributed by atoms with van der Waals surface area (Å²) in [5, 5.41) is 0. The highest BCUT2D eigenvalue weighted by Gasteiger charge is 2.18. The number of hydrogen-bond donors (Lipinski definition) is 0. The lowest BCUT2D eigenvalue weighted by Gasteiger charge is -2.28. The van der Waals surface area contributed by atoms with Gasteiger partial charge in [-0.1, -0.05) is 60.7 Å². The normalized spacial score (nSPS) is 14.6. The van der Waals surface area contributed by atoms with Crippen molar-refractivity contribution in [1.29, 1.82) is 0 Å². The number of anilines is 1. The molecule has 27 heavy (non-hydrogen) atoms. The van der Waals surface area contributed by atoms with Crippen molar-refractivity contribution in [3.05, 3.63) is 85.1 Å². The van der Waals surface area contributed by atoms with Crippen molar-refractivity contribution in [2.24, 2.45) is 0 Å². The molecule has 0 N–H and O–H groups in total. The average molecular weight is 354 g/mol. The summed E-state index contributed by atoms with van der Waals surface area (Å²) in [7, 11) is 0. The monoisotopic (exact) mass is 354 g/mol. The molecule has 134 valence electrons. The molecule has 2 aromatic carbocycles. The standard InChI is InChI=1S/C24H22N2O/c1-2-6-19(7-3-1)20-9-11-21(12-10-20)23-18-24(25-14-16-27-17-15-25)22-8-4-5-13-26(22)23/h1-13,18H,14-17H2. The Labute approximate surface area is 159 Å². The molecule has 0 aliphatic carbocycles. The molecule has 5 rings (SSSR count). The van der Waals surface area contributed by atoms with Gasteiger partial charge in [-0.3, -0.25) is 0 Å². The summed E-state index contributed by atoms with van der Waals surface area (Å²) in [5.41, 5.74) is 7.50. The topological polar surface area (TPSA) is 16.9 Å². The molecule has 1 fully saturated rings. The number of pyridine rings is 1. The summed E-state index contributed by atoms with van der Waals surface area (Å²) >= 11 is 0. The minimum absolute atomic E-state index is 0.797. The maximum absolute atomic E-state index is 5.53. The maximum Gasteiger partial charge on any atom is 0.0690 e. The van der Waals surface area contributed by atoms with E-state index in [0.717, 1.165) is 26.3 Å². The second kappa shape index (κ2) is 6.93. The molecule has 4 aromatic rings. The van der Waals surface area contributed by atoms with Crippen LogP contribution in [0.2, 0.25) is 0 Å². The van der Waals surface area contributed by atoms with Crippen LogP contribution in [-0.2, 0) is 4.74 Å². The Hall–Kier alpha value is -3.04. The third kappa shape index (κ3) is 3.00. The van der Waals surface area contributed by atoms with Gasteiger partial charge >= 0.3 is 0 Å². The fraction of sp³-hybridized carbons (Fsp3) is 0.167. The number of rotatable bonds is 3. The van der Waals surface area contributed by atoms with Gasteiger partial charge in [-0.25, -0.2) is 0 Å². The molecule has 1 aliphatic heterocycles. The molecule has 3 heteroatoms. The molecule has 0 unspecified atom stereocenters. The smallest absolute Gasteiger partial charge is 0.0690 e. The third-order valence-corrected chi connectivity index (χ3v) is 5.29. The van der Waals surface area contributed by atoms with E-state index in [9.17, 15) is 0 Å². The van der Waals surface area contributed by atoms with Crippen LogP contribution in [0.4, 0.5) is 5.69 Å². The van der Waals surface area contributed by atoms with Crippen molar-refractivity contribution in [1.82, 2.24) is 4.40 Å². The van der Waals surface area contributed by atoms with Crippen molar-refractivity contribution in [2.75, 3.05) is 31.2 Å². The van der Waals surface area contributed by atoms with Gasteiger partial charge < -0.3 is 14.0 Å². The Morgan fingerprint density at radius 1 is 0.667 bits per heavy atom. The van der Waals surface area contributed by atoms with Gasteiger partial charge in [-0.15, -0.1) is 0 Å². The number of benzene rings is 2. The predicted molar refractivity (Wildman–Crippen MR) is 111 cm³/mol. The molecule has 2 aromatic heterocycles. The highest BCUT2D eigenvalue weighted by molar-refractivity contribution is 5.83. The molecule has 0 atom stereocenters. The van der Waals surface area contributed by atoms with Crippen LogP contribution in [0.15, 0.2) is 85.1 Å². The van der Waals surface area contributed by atoms with Crippen molar-refractivity contribution in [3.8, 4) is 22.4 Å². The number of hydrogen-bond acceptors (Lipinski definition) is 2. The molecule has 1 saturated heterocycles. The number of ether oxygens (including phenoxy) is 1. The van der Waals surface area contributed by atoms with E-state index in [1.165, 1.54) is 33.6 Å². The maximum atomic E-state index is 5.53. The van der Waals surface area contributed by atoms with Gasteiger partial charge in [0.05, 0.1) is 30.1 Å². The van der Waals surface area contributed by atoms with Crippen molar-refractivity contribution < 1.29 is 4.74 Å². The highest BCUT2D eigenvalue weighted by Crippen LogP contribution is 2.33. The van der Waals surface area contributed by atoms with E-state index < -0.39 is 0 Å². The molecular weight excluding hydrogens is 332 g/mol. The summed E-state index contributed by atoms with van der Waals surface area (Å²) in [4.78, 5) is 2.43. The quantitative estimate of drug-likeness (QED) is 0.508. The van der Waals surface area contributed by atoms with Crippen LogP contribution < -0.4 is 4.90 Å². The minimum Gasteiger partial charge on any atom is -0.378 e. The number of fused-ring (bicyclic) bond motifs is 1. The van der Waals surface area contributed by atoms with E-state index in [1.54, 1.807) is 0 Å². The zero-order valence-electron chi connectivity index (χ0n) is 15.2. The first-order valence-corrected chi connectivity index (χ1v) is 9.49.